The molecule has 0 aliphatic carbocycles. The van der Waals surface area contributed by atoms with Gasteiger partial charge < -0.3 is 8.83 Å². The van der Waals surface area contributed by atoms with Gasteiger partial charge in [-0.2, -0.15) is 0 Å². The minimum Gasteiger partial charge on any atom is -0.460 e. The van der Waals surface area contributed by atoms with Crippen molar-refractivity contribution in [2.24, 2.45) is 0 Å². The van der Waals surface area contributed by atoms with Gasteiger partial charge in [-0.3, -0.25) is 0 Å². The lowest BCUT2D eigenvalue weighted by Gasteiger charge is -2.00. The SMILES string of the molecule is [c]1occ(-c2ccccc2)c1-c1ccc(-c2ccccc2)o1. The van der Waals surface area contributed by atoms with Gasteiger partial charge in [0.1, 0.15) is 11.5 Å². The summed E-state index contributed by atoms with van der Waals surface area (Å²) < 4.78 is 11.3. The van der Waals surface area contributed by atoms with Gasteiger partial charge in [-0.25, -0.2) is 0 Å². The van der Waals surface area contributed by atoms with Crippen molar-refractivity contribution in [3.63, 3.8) is 0 Å². The van der Waals surface area contributed by atoms with Crippen LogP contribution in [-0.4, -0.2) is 0 Å². The Labute approximate surface area is 128 Å². The van der Waals surface area contributed by atoms with E-state index < -0.39 is 0 Å². The maximum atomic E-state index is 5.98. The number of furan rings is 2. The molecule has 4 aromatic rings. The second kappa shape index (κ2) is 5.41. The molecule has 22 heavy (non-hydrogen) atoms. The highest BCUT2D eigenvalue weighted by atomic mass is 16.3. The minimum atomic E-state index is 0.756. The third-order valence-corrected chi connectivity index (χ3v) is 3.60. The lowest BCUT2D eigenvalue weighted by atomic mass is 10.0. The normalized spacial score (nSPS) is 10.7. The maximum absolute atomic E-state index is 5.98. The Morgan fingerprint density at radius 1 is 0.636 bits per heavy atom. The van der Waals surface area contributed by atoms with Gasteiger partial charge in [0.05, 0.1) is 11.8 Å². The minimum absolute atomic E-state index is 0.756. The molecule has 0 amide bonds. The van der Waals surface area contributed by atoms with Gasteiger partial charge in [0.15, 0.2) is 6.26 Å². The van der Waals surface area contributed by atoms with Crippen LogP contribution in [0.25, 0.3) is 33.8 Å². The molecule has 0 saturated heterocycles. The van der Waals surface area contributed by atoms with E-state index in [2.05, 4.69) is 6.26 Å². The first-order chi connectivity index (χ1) is 10.9. The second-order valence-corrected chi connectivity index (χ2v) is 5.02. The Morgan fingerprint density at radius 3 is 2.00 bits per heavy atom. The summed E-state index contributed by atoms with van der Waals surface area (Å²) in [5.74, 6) is 1.59. The lowest BCUT2D eigenvalue weighted by Crippen LogP contribution is -1.77. The van der Waals surface area contributed by atoms with Crippen molar-refractivity contribution >= 4 is 0 Å². The molecule has 2 heterocycles. The molecule has 0 N–H and O–H groups in total. The first-order valence-corrected chi connectivity index (χ1v) is 7.12. The summed E-state index contributed by atoms with van der Waals surface area (Å²) in [6.45, 7) is 0. The number of hydrogen-bond acceptors (Lipinski definition) is 2. The van der Waals surface area contributed by atoms with Gasteiger partial charge in [0.2, 0.25) is 0 Å². The van der Waals surface area contributed by atoms with Crippen molar-refractivity contribution in [2.75, 3.05) is 0 Å². The second-order valence-electron chi connectivity index (χ2n) is 5.02. The Hall–Kier alpha value is -3.00. The fourth-order valence-corrected chi connectivity index (χ4v) is 2.50. The quantitative estimate of drug-likeness (QED) is 0.484. The van der Waals surface area contributed by atoms with Crippen LogP contribution in [0.15, 0.2) is 87.9 Å². The van der Waals surface area contributed by atoms with E-state index in [0.717, 1.165) is 33.8 Å². The molecular weight excluding hydrogens is 272 g/mol. The molecule has 0 bridgehead atoms. The molecule has 0 fully saturated rings. The lowest BCUT2D eigenvalue weighted by molar-refractivity contribution is 0.555. The summed E-state index contributed by atoms with van der Waals surface area (Å²) in [4.78, 5) is 0. The highest BCUT2D eigenvalue weighted by Gasteiger charge is 2.14. The van der Waals surface area contributed by atoms with Crippen molar-refractivity contribution in [3.8, 4) is 33.8 Å². The van der Waals surface area contributed by atoms with Gasteiger partial charge >= 0.3 is 0 Å². The van der Waals surface area contributed by atoms with Gasteiger partial charge in [-0.15, -0.1) is 0 Å². The van der Waals surface area contributed by atoms with Crippen LogP contribution >= 0.6 is 0 Å². The Balaban J connectivity index is 1.76. The first-order valence-electron chi connectivity index (χ1n) is 7.12. The average Bonchev–Trinajstić information content (AvgIpc) is 3.25. The number of benzene rings is 2. The van der Waals surface area contributed by atoms with Crippen LogP contribution in [0.4, 0.5) is 0 Å². The first kappa shape index (κ1) is 12.7. The van der Waals surface area contributed by atoms with Gasteiger partial charge in [0.25, 0.3) is 0 Å². The largest absolute Gasteiger partial charge is 0.460 e. The summed E-state index contributed by atoms with van der Waals surface area (Å²) in [5, 5.41) is 0. The fourth-order valence-electron chi connectivity index (χ4n) is 2.50. The van der Waals surface area contributed by atoms with Crippen molar-refractivity contribution in [1.82, 2.24) is 0 Å². The van der Waals surface area contributed by atoms with Crippen molar-refractivity contribution < 1.29 is 8.83 Å². The smallest absolute Gasteiger partial charge is 0.181 e. The van der Waals surface area contributed by atoms with Crippen LogP contribution in [0.1, 0.15) is 0 Å². The molecular formula is C20H13O2. The monoisotopic (exact) mass is 285 g/mol. The molecule has 0 aliphatic rings. The van der Waals surface area contributed by atoms with E-state index in [-0.39, 0.29) is 0 Å². The van der Waals surface area contributed by atoms with Crippen molar-refractivity contribution in [1.29, 1.82) is 0 Å². The van der Waals surface area contributed by atoms with Gasteiger partial charge in [-0.1, -0.05) is 60.7 Å². The third-order valence-electron chi connectivity index (χ3n) is 3.60. The number of hydrogen-bond donors (Lipinski definition) is 0. The van der Waals surface area contributed by atoms with Gasteiger partial charge in [0, 0.05) is 11.1 Å². The molecule has 0 saturated carbocycles. The topological polar surface area (TPSA) is 26.3 Å². The fraction of sp³-hybridized carbons (Fsp3) is 0. The molecule has 2 aromatic heterocycles. The summed E-state index contributed by atoms with van der Waals surface area (Å²) in [6, 6.07) is 24.1. The summed E-state index contributed by atoms with van der Waals surface area (Å²) in [5.41, 5.74) is 3.96. The van der Waals surface area contributed by atoms with E-state index in [1.807, 2.05) is 72.8 Å². The molecule has 2 nitrogen and oxygen atoms in total. The summed E-state index contributed by atoms with van der Waals surface area (Å²) >= 11 is 0. The van der Waals surface area contributed by atoms with E-state index in [4.69, 9.17) is 8.83 Å². The predicted octanol–water partition coefficient (Wildman–Crippen LogP) is 5.67. The molecule has 0 spiro atoms. The molecule has 2 heteroatoms. The molecule has 0 unspecified atom stereocenters. The van der Waals surface area contributed by atoms with E-state index >= 15 is 0 Å². The summed E-state index contributed by atoms with van der Waals surface area (Å²) in [7, 11) is 0. The zero-order valence-electron chi connectivity index (χ0n) is 11.8. The van der Waals surface area contributed by atoms with Crippen LogP contribution in [0.3, 0.4) is 0 Å². The Kier molecular flexibility index (Phi) is 3.13. The molecule has 0 aliphatic heterocycles. The van der Waals surface area contributed by atoms with Crippen LogP contribution in [0, 0.1) is 6.26 Å². The molecule has 1 radical (unpaired) electrons. The highest BCUT2D eigenvalue weighted by Crippen LogP contribution is 2.35. The van der Waals surface area contributed by atoms with E-state index in [1.54, 1.807) is 6.26 Å². The molecule has 2 aromatic carbocycles. The third kappa shape index (κ3) is 2.25. The maximum Gasteiger partial charge on any atom is 0.181 e. The van der Waals surface area contributed by atoms with Crippen molar-refractivity contribution in [2.45, 2.75) is 0 Å². The molecule has 105 valence electrons. The zero-order chi connectivity index (χ0) is 14.8. The highest BCUT2D eigenvalue weighted by molar-refractivity contribution is 5.80. The standard InChI is InChI=1S/C20H13O2/c1-3-7-15(8-4-1)17-13-21-14-18(17)20-12-11-19(22-20)16-9-5-2-6-10-16/h1-13H. The average molecular weight is 285 g/mol. The van der Waals surface area contributed by atoms with Crippen LogP contribution in [0.2, 0.25) is 0 Å². The summed E-state index contributed by atoms with van der Waals surface area (Å²) in [6.07, 6.45) is 4.62. The number of rotatable bonds is 3. The predicted molar refractivity (Wildman–Crippen MR) is 86.1 cm³/mol. The van der Waals surface area contributed by atoms with Crippen LogP contribution in [-0.2, 0) is 0 Å². The van der Waals surface area contributed by atoms with E-state index in [9.17, 15) is 0 Å². The van der Waals surface area contributed by atoms with Gasteiger partial charge in [-0.05, 0) is 17.7 Å². The molecule has 4 rings (SSSR count). The molecule has 0 atom stereocenters. The van der Waals surface area contributed by atoms with E-state index in [0.29, 0.717) is 0 Å². The van der Waals surface area contributed by atoms with Crippen LogP contribution in [0.5, 0.6) is 0 Å². The Morgan fingerprint density at radius 2 is 1.27 bits per heavy atom. The zero-order valence-corrected chi connectivity index (χ0v) is 11.8. The Bertz CT molecular complexity index is 870. The van der Waals surface area contributed by atoms with Crippen molar-refractivity contribution in [3.05, 3.63) is 85.3 Å². The van der Waals surface area contributed by atoms with Crippen LogP contribution < -0.4 is 0 Å². The van der Waals surface area contributed by atoms with E-state index in [1.165, 1.54) is 0 Å².